The summed E-state index contributed by atoms with van der Waals surface area (Å²) in [5.41, 5.74) is -0.0890. The van der Waals surface area contributed by atoms with Gasteiger partial charge in [-0.05, 0) is 19.9 Å². The van der Waals surface area contributed by atoms with Gasteiger partial charge in [0.15, 0.2) is 23.0 Å². The van der Waals surface area contributed by atoms with Crippen molar-refractivity contribution in [3.63, 3.8) is 0 Å². The number of carbonyl (C=O) groups excluding carboxylic acids is 1. The molecule has 0 aromatic carbocycles. The van der Waals surface area contributed by atoms with Gasteiger partial charge in [0.05, 0.1) is 11.2 Å². The lowest BCUT2D eigenvalue weighted by Gasteiger charge is -2.18. The van der Waals surface area contributed by atoms with Crippen LogP contribution in [0.3, 0.4) is 0 Å². The van der Waals surface area contributed by atoms with Crippen molar-refractivity contribution in [3.05, 3.63) is 35.5 Å². The Hall–Kier alpha value is -2.74. The number of hydrogen-bond donors (Lipinski definition) is 2. The molecule has 0 spiro atoms. The maximum atomic E-state index is 14.0. The Balaban J connectivity index is 2.07. The van der Waals surface area contributed by atoms with E-state index in [4.69, 9.17) is 16.7 Å². The lowest BCUT2D eigenvalue weighted by atomic mass is 10.1. The first-order valence-corrected chi connectivity index (χ1v) is 7.35. The van der Waals surface area contributed by atoms with Crippen molar-refractivity contribution in [1.82, 2.24) is 19.9 Å². The smallest absolute Gasteiger partial charge is 0.541 e. The fourth-order valence-electron chi connectivity index (χ4n) is 2.10. The van der Waals surface area contributed by atoms with Crippen molar-refractivity contribution < 1.29 is 14.3 Å². The number of rotatable bonds is 4. The topological polar surface area (TPSA) is 106 Å². The lowest BCUT2D eigenvalue weighted by molar-refractivity contribution is -0.141. The van der Waals surface area contributed by atoms with Gasteiger partial charge in [-0.25, -0.2) is 19.3 Å². The fourth-order valence-corrected chi connectivity index (χ4v) is 2.26. The molecule has 0 aliphatic heterocycles. The summed E-state index contributed by atoms with van der Waals surface area (Å²) in [5.74, 6) is -1.52. The van der Waals surface area contributed by atoms with E-state index in [1.165, 1.54) is 20.0 Å². The predicted molar refractivity (Wildman–Crippen MR) is 88.4 cm³/mol. The highest BCUT2D eigenvalue weighted by molar-refractivity contribution is 6.31. The van der Waals surface area contributed by atoms with E-state index in [2.05, 4.69) is 25.3 Å². The van der Waals surface area contributed by atoms with Crippen molar-refractivity contribution >= 4 is 34.4 Å². The van der Waals surface area contributed by atoms with E-state index in [1.54, 1.807) is 12.3 Å². The molecule has 0 saturated heterocycles. The number of aromatic nitrogens is 4. The summed E-state index contributed by atoms with van der Waals surface area (Å²) in [5, 5.41) is 11.0. The standard InChI is InChI=1S/C15H13ClFN5O2/c1-15(2,14(23)24)22-13-10(17)6-20-12(21-13)9-5-19-11-8(9)3-7(16)4-18-11/h3-6H,1-2H3,(H,18,19)(H,23,24)(H,20,21,22)/p+1. The summed E-state index contributed by atoms with van der Waals surface area (Å²) in [4.78, 5) is 26.6. The molecule has 24 heavy (non-hydrogen) atoms. The molecule has 3 aromatic heterocycles. The Kier molecular flexibility index (Phi) is 3.84. The summed E-state index contributed by atoms with van der Waals surface area (Å²) in [7, 11) is 0. The second-order valence-corrected chi connectivity index (χ2v) is 6.16. The van der Waals surface area contributed by atoms with Crippen LogP contribution in [0.4, 0.5) is 10.2 Å². The van der Waals surface area contributed by atoms with E-state index < -0.39 is 17.3 Å². The van der Waals surface area contributed by atoms with Crippen molar-refractivity contribution in [2.24, 2.45) is 0 Å². The molecule has 9 heteroatoms. The zero-order valence-electron chi connectivity index (χ0n) is 12.8. The number of nitrogens with zero attached hydrogens (tertiary/aromatic N) is 3. The molecule has 4 N–H and O–H groups in total. The molecule has 0 aliphatic rings. The third kappa shape index (κ3) is 2.88. The molecule has 0 saturated carbocycles. The van der Waals surface area contributed by atoms with Crippen LogP contribution in [0.25, 0.3) is 22.4 Å². The summed E-state index contributed by atoms with van der Waals surface area (Å²) in [6, 6.07) is 1.70. The molecule has 3 rings (SSSR count). The van der Waals surface area contributed by atoms with E-state index in [-0.39, 0.29) is 11.6 Å². The van der Waals surface area contributed by atoms with Gasteiger partial charge in [-0.3, -0.25) is 0 Å². The third-order valence-electron chi connectivity index (χ3n) is 3.48. The SMILES string of the molecule is CC(C)(Nc1nc(-c2c[nH]c3ncc(Cl)cc23)ncc1F)C(=O)[OH2+]. The number of H-pyrrole nitrogens is 1. The second kappa shape index (κ2) is 5.72. The van der Waals surface area contributed by atoms with Crippen LogP contribution in [-0.4, -0.2) is 36.6 Å². The molecule has 0 atom stereocenters. The quantitative estimate of drug-likeness (QED) is 0.702. The molecule has 3 aromatic rings. The maximum Gasteiger partial charge on any atom is 0.541 e. The van der Waals surface area contributed by atoms with Crippen LogP contribution in [0.1, 0.15) is 13.8 Å². The lowest BCUT2D eigenvalue weighted by Crippen LogP contribution is -2.40. The molecule has 0 aliphatic carbocycles. The second-order valence-electron chi connectivity index (χ2n) is 5.72. The maximum absolute atomic E-state index is 14.0. The molecule has 0 unspecified atom stereocenters. The molecule has 124 valence electrons. The number of fused-ring (bicyclic) bond motifs is 1. The Morgan fingerprint density at radius 1 is 1.38 bits per heavy atom. The first kappa shape index (κ1) is 16.1. The number of hydrogen-bond acceptors (Lipinski definition) is 5. The molecule has 7 nitrogen and oxygen atoms in total. The predicted octanol–water partition coefficient (Wildman–Crippen LogP) is 2.25. The normalized spacial score (nSPS) is 11.7. The van der Waals surface area contributed by atoms with E-state index in [0.717, 1.165) is 6.20 Å². The highest BCUT2D eigenvalue weighted by Gasteiger charge is 2.35. The average Bonchev–Trinajstić information content (AvgIpc) is 2.92. The minimum atomic E-state index is -1.28. The Morgan fingerprint density at radius 3 is 2.83 bits per heavy atom. The van der Waals surface area contributed by atoms with Gasteiger partial charge >= 0.3 is 5.97 Å². The number of halogens is 2. The summed E-state index contributed by atoms with van der Waals surface area (Å²) in [6.07, 6.45) is 4.16. The van der Waals surface area contributed by atoms with Crippen LogP contribution in [0.5, 0.6) is 0 Å². The zero-order chi connectivity index (χ0) is 17.5. The minimum Gasteiger partial charge on any atom is -0.563 e. The van der Waals surface area contributed by atoms with Crippen LogP contribution in [0.15, 0.2) is 24.7 Å². The van der Waals surface area contributed by atoms with Crippen molar-refractivity contribution in [3.8, 4) is 11.4 Å². The van der Waals surface area contributed by atoms with Crippen LogP contribution in [0.2, 0.25) is 5.02 Å². The van der Waals surface area contributed by atoms with Crippen LogP contribution < -0.4 is 5.32 Å². The number of pyridine rings is 1. The zero-order valence-corrected chi connectivity index (χ0v) is 13.6. The van der Waals surface area contributed by atoms with Crippen molar-refractivity contribution in [1.29, 1.82) is 0 Å². The van der Waals surface area contributed by atoms with Gasteiger partial charge in [0.25, 0.3) is 0 Å². The van der Waals surface area contributed by atoms with Gasteiger partial charge in [-0.2, -0.15) is 0 Å². The average molecular weight is 351 g/mol. The molecule has 0 bridgehead atoms. The number of anilines is 1. The van der Waals surface area contributed by atoms with Gasteiger partial charge in [0.1, 0.15) is 5.65 Å². The fraction of sp³-hybridized carbons (Fsp3) is 0.200. The number of nitrogens with one attached hydrogen (secondary N) is 2. The molecule has 0 radical (unpaired) electrons. The molecule has 0 amide bonds. The molecular weight excluding hydrogens is 337 g/mol. The van der Waals surface area contributed by atoms with E-state index >= 15 is 0 Å². The van der Waals surface area contributed by atoms with Gasteiger partial charge in [0, 0.05) is 28.1 Å². The Labute approximate surface area is 140 Å². The Bertz CT molecular complexity index is 941. The van der Waals surface area contributed by atoms with Gasteiger partial charge < -0.3 is 15.4 Å². The van der Waals surface area contributed by atoms with Crippen molar-refractivity contribution in [2.45, 2.75) is 19.4 Å². The molecule has 3 heterocycles. The largest absolute Gasteiger partial charge is 0.563 e. The van der Waals surface area contributed by atoms with E-state index in [9.17, 15) is 9.18 Å². The number of aromatic amines is 1. The van der Waals surface area contributed by atoms with Crippen molar-refractivity contribution in [2.75, 3.05) is 5.32 Å². The van der Waals surface area contributed by atoms with Crippen LogP contribution in [-0.2, 0) is 4.79 Å². The summed E-state index contributed by atoms with van der Waals surface area (Å²) >= 11 is 5.97. The highest BCUT2D eigenvalue weighted by atomic mass is 35.5. The van der Waals surface area contributed by atoms with E-state index in [0.29, 0.717) is 21.6 Å². The third-order valence-corrected chi connectivity index (χ3v) is 3.69. The van der Waals surface area contributed by atoms with Gasteiger partial charge in [0.2, 0.25) is 0 Å². The first-order valence-electron chi connectivity index (χ1n) is 6.97. The first-order chi connectivity index (χ1) is 11.3. The Morgan fingerprint density at radius 2 is 2.12 bits per heavy atom. The highest BCUT2D eigenvalue weighted by Crippen LogP contribution is 2.28. The molecule has 0 fully saturated rings. The summed E-state index contributed by atoms with van der Waals surface area (Å²) in [6.45, 7) is 2.94. The van der Waals surface area contributed by atoms with Crippen LogP contribution >= 0.6 is 11.6 Å². The van der Waals surface area contributed by atoms with E-state index in [1.807, 2.05) is 0 Å². The monoisotopic (exact) mass is 350 g/mol. The number of carbonyl (C=O) groups is 1. The minimum absolute atomic E-state index is 0.157. The van der Waals surface area contributed by atoms with Crippen LogP contribution in [0, 0.1) is 5.82 Å². The summed E-state index contributed by atoms with van der Waals surface area (Å²) < 4.78 is 14.0. The van der Waals surface area contributed by atoms with Gasteiger partial charge in [-0.15, -0.1) is 0 Å². The molecular formula is C15H14ClFN5O2+. The van der Waals surface area contributed by atoms with Gasteiger partial charge in [-0.1, -0.05) is 11.6 Å².